The number of carbonyl (C=O) groups is 1. The minimum Gasteiger partial charge on any atom is -0.497 e. The Balaban J connectivity index is 1.74. The number of nitrogens with one attached hydrogen (secondary N) is 1. The summed E-state index contributed by atoms with van der Waals surface area (Å²) in [6.45, 7) is 0.936. The lowest BCUT2D eigenvalue weighted by Crippen LogP contribution is -2.28. The monoisotopic (exact) mass is 378 g/mol. The molecule has 0 radical (unpaired) electrons. The molecule has 0 aliphatic rings. The van der Waals surface area contributed by atoms with Gasteiger partial charge in [0.15, 0.2) is 0 Å². The first kappa shape index (κ1) is 17.3. The largest absolute Gasteiger partial charge is 0.497 e. The topological polar surface area (TPSA) is 60.3 Å². The van der Waals surface area contributed by atoms with E-state index in [1.54, 1.807) is 19.4 Å². The highest BCUT2D eigenvalue weighted by Gasteiger charge is 2.03. The third-order valence-corrected chi connectivity index (χ3v) is 3.89. The van der Waals surface area contributed by atoms with Gasteiger partial charge in [0.2, 0.25) is 5.91 Å². The van der Waals surface area contributed by atoms with Gasteiger partial charge in [-0.25, -0.2) is 0 Å². The zero-order chi connectivity index (χ0) is 16.7. The minimum atomic E-state index is -0.112. The number of halogens is 1. The molecule has 1 heterocycles. The van der Waals surface area contributed by atoms with Crippen molar-refractivity contribution in [2.24, 2.45) is 0 Å². The number of pyridine rings is 1. The van der Waals surface area contributed by atoms with E-state index in [-0.39, 0.29) is 17.9 Å². The minimum absolute atomic E-state index is 0.0645. The van der Waals surface area contributed by atoms with Gasteiger partial charge in [0.05, 0.1) is 7.11 Å². The maximum atomic E-state index is 11.8. The van der Waals surface area contributed by atoms with Crippen LogP contribution in [0.1, 0.15) is 12.0 Å². The van der Waals surface area contributed by atoms with Gasteiger partial charge in [-0.15, -0.1) is 0 Å². The quantitative estimate of drug-likeness (QED) is 0.804. The van der Waals surface area contributed by atoms with Gasteiger partial charge in [-0.3, -0.25) is 9.59 Å². The first-order valence-corrected chi connectivity index (χ1v) is 8.13. The lowest BCUT2D eigenvalue weighted by molar-refractivity contribution is -0.121. The summed E-state index contributed by atoms with van der Waals surface area (Å²) in [4.78, 5) is 23.5. The Morgan fingerprint density at radius 3 is 2.65 bits per heavy atom. The molecule has 0 bridgehead atoms. The number of rotatable bonds is 7. The van der Waals surface area contributed by atoms with Crippen molar-refractivity contribution in [2.45, 2.75) is 19.4 Å². The van der Waals surface area contributed by atoms with Crippen molar-refractivity contribution >= 4 is 21.8 Å². The van der Waals surface area contributed by atoms with Crippen LogP contribution in [-0.2, 0) is 17.8 Å². The molecule has 23 heavy (non-hydrogen) atoms. The summed E-state index contributed by atoms with van der Waals surface area (Å²) in [7, 11) is 1.63. The van der Waals surface area contributed by atoms with E-state index in [0.29, 0.717) is 13.1 Å². The predicted octanol–water partition coefficient (Wildman–Crippen LogP) is 2.37. The zero-order valence-electron chi connectivity index (χ0n) is 12.9. The van der Waals surface area contributed by atoms with Gasteiger partial charge >= 0.3 is 0 Å². The lowest BCUT2D eigenvalue weighted by Gasteiger charge is -2.08. The molecular formula is C17H19BrN2O3. The van der Waals surface area contributed by atoms with E-state index in [1.807, 2.05) is 24.3 Å². The van der Waals surface area contributed by atoms with E-state index in [1.165, 1.54) is 10.6 Å². The van der Waals surface area contributed by atoms with Gasteiger partial charge in [-0.05, 0) is 46.1 Å². The van der Waals surface area contributed by atoms with E-state index >= 15 is 0 Å². The molecular weight excluding hydrogens is 360 g/mol. The Hall–Kier alpha value is -2.08. The molecule has 0 saturated heterocycles. The van der Waals surface area contributed by atoms with Gasteiger partial charge in [0.1, 0.15) is 5.75 Å². The highest BCUT2D eigenvalue weighted by atomic mass is 79.9. The summed E-state index contributed by atoms with van der Waals surface area (Å²) in [5, 5.41) is 2.87. The van der Waals surface area contributed by atoms with Crippen molar-refractivity contribution in [3.05, 3.63) is 63.0 Å². The molecule has 122 valence electrons. The van der Waals surface area contributed by atoms with Gasteiger partial charge in [-0.2, -0.15) is 0 Å². The van der Waals surface area contributed by atoms with Gasteiger partial charge < -0.3 is 14.6 Å². The summed E-state index contributed by atoms with van der Waals surface area (Å²) in [6, 6.07) is 10.9. The standard InChI is InChI=1S/C17H19BrN2O3/c1-23-15-5-2-13(3-6-15)8-10-19-16(21)9-11-20-12-14(18)4-7-17(20)22/h2-7,12H,8-11H2,1H3,(H,19,21). The number of benzene rings is 1. The average Bonchev–Trinajstić information content (AvgIpc) is 2.56. The second-order valence-electron chi connectivity index (χ2n) is 5.08. The highest BCUT2D eigenvalue weighted by molar-refractivity contribution is 9.10. The maximum absolute atomic E-state index is 11.8. The van der Waals surface area contributed by atoms with Gasteiger partial charge in [0.25, 0.3) is 5.56 Å². The van der Waals surface area contributed by atoms with Crippen molar-refractivity contribution in [3.63, 3.8) is 0 Å². The van der Waals surface area contributed by atoms with E-state index in [9.17, 15) is 9.59 Å². The summed E-state index contributed by atoms with van der Waals surface area (Å²) in [5.41, 5.74) is 1.02. The van der Waals surface area contributed by atoms with Crippen LogP contribution in [0.4, 0.5) is 0 Å². The molecule has 6 heteroatoms. The number of hydrogen-bond donors (Lipinski definition) is 1. The molecule has 1 amide bonds. The van der Waals surface area contributed by atoms with Crippen molar-refractivity contribution in [3.8, 4) is 5.75 Å². The summed E-state index contributed by atoms with van der Waals surface area (Å²) >= 11 is 3.31. The molecule has 0 spiro atoms. The number of aromatic nitrogens is 1. The van der Waals surface area contributed by atoms with Crippen LogP contribution in [0.5, 0.6) is 5.75 Å². The molecule has 0 aliphatic heterocycles. The summed E-state index contributed by atoms with van der Waals surface area (Å²) < 4.78 is 7.44. The zero-order valence-corrected chi connectivity index (χ0v) is 14.5. The third-order valence-electron chi connectivity index (χ3n) is 3.42. The van der Waals surface area contributed by atoms with Crippen molar-refractivity contribution in [1.29, 1.82) is 0 Å². The van der Waals surface area contributed by atoms with Crippen LogP contribution in [0.3, 0.4) is 0 Å². The second kappa shape index (κ2) is 8.53. The number of methoxy groups -OCH3 is 1. The number of nitrogens with zero attached hydrogens (tertiary/aromatic N) is 1. The van der Waals surface area contributed by atoms with E-state index in [4.69, 9.17) is 4.74 Å². The smallest absolute Gasteiger partial charge is 0.250 e. The molecule has 0 unspecified atom stereocenters. The van der Waals surface area contributed by atoms with E-state index in [2.05, 4.69) is 21.2 Å². The molecule has 0 aliphatic carbocycles. The maximum Gasteiger partial charge on any atom is 0.250 e. The Kier molecular flexibility index (Phi) is 6.40. The Bertz CT molecular complexity index is 711. The molecule has 1 aromatic carbocycles. The molecule has 1 N–H and O–H groups in total. The number of amides is 1. The molecule has 2 rings (SSSR count). The van der Waals surface area contributed by atoms with E-state index in [0.717, 1.165) is 22.2 Å². The Labute approximate surface area is 143 Å². The van der Waals surface area contributed by atoms with Gasteiger partial charge in [-0.1, -0.05) is 12.1 Å². The fourth-order valence-electron chi connectivity index (χ4n) is 2.13. The fraction of sp³-hybridized carbons (Fsp3) is 0.294. The number of ether oxygens (including phenoxy) is 1. The molecule has 0 fully saturated rings. The van der Waals surface area contributed by atoms with Crippen LogP contribution >= 0.6 is 15.9 Å². The fourth-order valence-corrected chi connectivity index (χ4v) is 2.51. The van der Waals surface area contributed by atoms with Crippen LogP contribution in [-0.4, -0.2) is 24.1 Å². The van der Waals surface area contributed by atoms with Crippen LogP contribution in [0.2, 0.25) is 0 Å². The number of carbonyl (C=O) groups excluding carboxylic acids is 1. The molecule has 5 nitrogen and oxygen atoms in total. The van der Waals surface area contributed by atoms with Crippen LogP contribution in [0.15, 0.2) is 51.9 Å². The SMILES string of the molecule is COc1ccc(CCNC(=O)CCn2cc(Br)ccc2=O)cc1. The first-order chi connectivity index (χ1) is 11.1. The number of aryl methyl sites for hydroxylation is 1. The third kappa shape index (κ3) is 5.56. The van der Waals surface area contributed by atoms with Crippen LogP contribution in [0, 0.1) is 0 Å². The lowest BCUT2D eigenvalue weighted by atomic mass is 10.1. The van der Waals surface area contributed by atoms with Gasteiger partial charge in [0, 0.05) is 36.2 Å². The van der Waals surface area contributed by atoms with Crippen LogP contribution < -0.4 is 15.6 Å². The summed E-state index contributed by atoms with van der Waals surface area (Å²) in [5.74, 6) is 0.752. The van der Waals surface area contributed by atoms with E-state index < -0.39 is 0 Å². The average molecular weight is 379 g/mol. The summed E-state index contributed by atoms with van der Waals surface area (Å²) in [6.07, 6.45) is 2.72. The molecule has 0 atom stereocenters. The predicted molar refractivity (Wildman–Crippen MR) is 92.7 cm³/mol. The van der Waals surface area contributed by atoms with Crippen molar-refractivity contribution < 1.29 is 9.53 Å². The normalized spacial score (nSPS) is 10.3. The van der Waals surface area contributed by atoms with Crippen molar-refractivity contribution in [1.82, 2.24) is 9.88 Å². The Morgan fingerprint density at radius 2 is 1.96 bits per heavy atom. The Morgan fingerprint density at radius 1 is 1.22 bits per heavy atom. The van der Waals surface area contributed by atoms with Crippen molar-refractivity contribution in [2.75, 3.05) is 13.7 Å². The molecule has 2 aromatic rings. The highest BCUT2D eigenvalue weighted by Crippen LogP contribution is 2.11. The molecule has 0 saturated carbocycles. The molecule has 1 aromatic heterocycles. The van der Waals surface area contributed by atoms with Crippen LogP contribution in [0.25, 0.3) is 0 Å². The second-order valence-corrected chi connectivity index (χ2v) is 5.99. The first-order valence-electron chi connectivity index (χ1n) is 7.34. The number of hydrogen-bond acceptors (Lipinski definition) is 3.